The Morgan fingerprint density at radius 3 is 2.63 bits per heavy atom. The summed E-state index contributed by atoms with van der Waals surface area (Å²) in [6.45, 7) is 7.64. The van der Waals surface area contributed by atoms with Gasteiger partial charge in [-0.1, -0.05) is 48.2 Å². The van der Waals surface area contributed by atoms with E-state index in [2.05, 4.69) is 18.4 Å². The SMILES string of the molecule is C=CCN1C(=O)/C(=C2/Sc3ccc(OC)cc3N2CC)SC1=NCc1ccccc1. The zero-order valence-electron chi connectivity index (χ0n) is 17.0. The summed E-state index contributed by atoms with van der Waals surface area (Å²) >= 11 is 3.07. The number of thioether (sulfide) groups is 2. The van der Waals surface area contributed by atoms with Gasteiger partial charge in [0, 0.05) is 24.1 Å². The highest BCUT2D eigenvalue weighted by Crippen LogP contribution is 2.51. The molecule has 0 N–H and O–H groups in total. The summed E-state index contributed by atoms with van der Waals surface area (Å²) < 4.78 is 5.39. The quantitative estimate of drug-likeness (QED) is 0.464. The van der Waals surface area contributed by atoms with Gasteiger partial charge in [-0.25, -0.2) is 0 Å². The second-order valence-electron chi connectivity index (χ2n) is 6.71. The van der Waals surface area contributed by atoms with Gasteiger partial charge in [0.15, 0.2) is 5.17 Å². The van der Waals surface area contributed by atoms with Gasteiger partial charge in [-0.05, 0) is 36.4 Å². The minimum absolute atomic E-state index is 0.0209. The minimum Gasteiger partial charge on any atom is -0.497 e. The van der Waals surface area contributed by atoms with E-state index in [1.165, 1.54) is 11.8 Å². The van der Waals surface area contributed by atoms with Gasteiger partial charge in [-0.3, -0.25) is 14.7 Å². The molecule has 1 amide bonds. The first-order valence-electron chi connectivity index (χ1n) is 9.73. The Labute approximate surface area is 185 Å². The summed E-state index contributed by atoms with van der Waals surface area (Å²) in [6.07, 6.45) is 1.74. The van der Waals surface area contributed by atoms with Gasteiger partial charge in [0.2, 0.25) is 0 Å². The lowest BCUT2D eigenvalue weighted by atomic mass is 10.2. The second kappa shape index (κ2) is 9.02. The number of amides is 1. The lowest BCUT2D eigenvalue weighted by Gasteiger charge is -2.19. The third-order valence-electron chi connectivity index (χ3n) is 4.83. The maximum absolute atomic E-state index is 13.3. The molecule has 30 heavy (non-hydrogen) atoms. The van der Waals surface area contributed by atoms with Crippen LogP contribution < -0.4 is 9.64 Å². The van der Waals surface area contributed by atoms with Crippen molar-refractivity contribution in [2.45, 2.75) is 18.4 Å². The number of hydrogen-bond acceptors (Lipinski definition) is 6. The van der Waals surface area contributed by atoms with E-state index in [-0.39, 0.29) is 5.91 Å². The number of carbonyl (C=O) groups is 1. The number of methoxy groups -OCH3 is 1. The van der Waals surface area contributed by atoms with Crippen LogP contribution in [0.25, 0.3) is 0 Å². The zero-order valence-corrected chi connectivity index (χ0v) is 18.6. The molecular weight excluding hydrogens is 414 g/mol. The van der Waals surface area contributed by atoms with Gasteiger partial charge < -0.3 is 9.64 Å². The highest BCUT2D eigenvalue weighted by atomic mass is 32.2. The van der Waals surface area contributed by atoms with Crippen molar-refractivity contribution in [2.75, 3.05) is 25.1 Å². The monoisotopic (exact) mass is 437 g/mol. The highest BCUT2D eigenvalue weighted by molar-refractivity contribution is 8.19. The van der Waals surface area contributed by atoms with Crippen LogP contribution in [0.15, 0.2) is 81.0 Å². The summed E-state index contributed by atoms with van der Waals surface area (Å²) in [6, 6.07) is 16.1. The molecule has 7 heteroatoms. The molecule has 0 unspecified atom stereocenters. The summed E-state index contributed by atoms with van der Waals surface area (Å²) in [5.74, 6) is 0.787. The van der Waals surface area contributed by atoms with E-state index in [0.29, 0.717) is 18.0 Å². The predicted molar refractivity (Wildman–Crippen MR) is 126 cm³/mol. The van der Waals surface area contributed by atoms with Crippen LogP contribution in [-0.2, 0) is 11.3 Å². The van der Waals surface area contributed by atoms with Gasteiger partial charge in [0.05, 0.1) is 19.3 Å². The molecule has 0 saturated carbocycles. The Kier molecular flexibility index (Phi) is 6.20. The summed E-state index contributed by atoms with van der Waals surface area (Å²) in [5, 5.41) is 1.67. The van der Waals surface area contributed by atoms with Crippen LogP contribution in [0.1, 0.15) is 12.5 Å². The smallest absolute Gasteiger partial charge is 0.269 e. The van der Waals surface area contributed by atoms with Crippen molar-refractivity contribution < 1.29 is 9.53 Å². The zero-order chi connectivity index (χ0) is 21.1. The van der Waals surface area contributed by atoms with Crippen LogP contribution in [0.2, 0.25) is 0 Å². The van der Waals surface area contributed by atoms with Crippen LogP contribution in [0.4, 0.5) is 5.69 Å². The largest absolute Gasteiger partial charge is 0.497 e. The molecule has 4 rings (SSSR count). The van der Waals surface area contributed by atoms with Crippen LogP contribution in [0, 0.1) is 0 Å². The van der Waals surface area contributed by atoms with Gasteiger partial charge in [0.25, 0.3) is 5.91 Å². The number of hydrogen-bond donors (Lipinski definition) is 0. The summed E-state index contributed by atoms with van der Waals surface area (Å²) in [4.78, 5) is 23.8. The Morgan fingerprint density at radius 2 is 1.93 bits per heavy atom. The molecule has 1 saturated heterocycles. The van der Waals surface area contributed by atoms with Gasteiger partial charge in [-0.15, -0.1) is 6.58 Å². The van der Waals surface area contributed by atoms with Crippen LogP contribution in [-0.4, -0.2) is 36.2 Å². The Bertz CT molecular complexity index is 1030. The number of ether oxygens (including phenoxy) is 1. The third kappa shape index (κ3) is 3.87. The molecule has 1 fully saturated rings. The normalized spacial score (nSPS) is 19.5. The molecule has 2 aliphatic heterocycles. The average molecular weight is 438 g/mol. The minimum atomic E-state index is -0.0209. The van der Waals surface area contributed by atoms with Crippen LogP contribution in [0.3, 0.4) is 0 Å². The number of benzene rings is 2. The highest BCUT2D eigenvalue weighted by Gasteiger charge is 2.39. The van der Waals surface area contributed by atoms with E-state index in [0.717, 1.165) is 38.6 Å². The van der Waals surface area contributed by atoms with Crippen molar-refractivity contribution in [3.63, 3.8) is 0 Å². The van der Waals surface area contributed by atoms with Crippen LogP contribution in [0.5, 0.6) is 5.75 Å². The standard InChI is InChI=1S/C23H23N3O2S2/c1-4-13-26-21(27)20(30-23(26)24-15-16-9-7-6-8-10-16)22-25(5-2)18-14-17(28-3)11-12-19(18)29-22/h4,6-12,14H,1,5,13,15H2,2-3H3/b22-20-,24-23?. The van der Waals surface area contributed by atoms with Crippen molar-refractivity contribution in [3.8, 4) is 5.75 Å². The molecule has 0 aromatic heterocycles. The Hall–Kier alpha value is -2.64. The molecule has 0 atom stereocenters. The Balaban J connectivity index is 1.69. The fourth-order valence-electron chi connectivity index (χ4n) is 3.36. The second-order valence-corrected chi connectivity index (χ2v) is 8.71. The summed E-state index contributed by atoms with van der Waals surface area (Å²) in [7, 11) is 1.67. The van der Waals surface area contributed by atoms with E-state index < -0.39 is 0 Å². The fourth-order valence-corrected chi connectivity index (χ4v) is 5.72. The molecule has 2 aromatic carbocycles. The molecule has 0 aliphatic carbocycles. The lowest BCUT2D eigenvalue weighted by molar-refractivity contribution is -0.121. The predicted octanol–water partition coefficient (Wildman–Crippen LogP) is 5.11. The number of amidine groups is 1. The van der Waals surface area contributed by atoms with Crippen molar-refractivity contribution in [3.05, 3.63) is 76.7 Å². The first-order valence-corrected chi connectivity index (χ1v) is 11.4. The Morgan fingerprint density at radius 1 is 1.13 bits per heavy atom. The topological polar surface area (TPSA) is 45.1 Å². The van der Waals surface area contributed by atoms with Crippen molar-refractivity contribution in [1.82, 2.24) is 4.90 Å². The van der Waals surface area contributed by atoms with Gasteiger partial charge in [-0.2, -0.15) is 0 Å². The number of fused-ring (bicyclic) bond motifs is 1. The molecular formula is C23H23N3O2S2. The van der Waals surface area contributed by atoms with Gasteiger partial charge >= 0.3 is 0 Å². The number of aliphatic imine (C=N–C) groups is 1. The average Bonchev–Trinajstić information content (AvgIpc) is 3.30. The molecule has 0 radical (unpaired) electrons. The molecule has 0 spiro atoms. The first kappa shape index (κ1) is 20.6. The van der Waals surface area contributed by atoms with Crippen molar-refractivity contribution in [2.24, 2.45) is 4.99 Å². The molecule has 154 valence electrons. The maximum atomic E-state index is 13.3. The maximum Gasteiger partial charge on any atom is 0.269 e. The van der Waals surface area contributed by atoms with Crippen LogP contribution >= 0.6 is 23.5 Å². The van der Waals surface area contributed by atoms with E-state index in [9.17, 15) is 4.79 Å². The summed E-state index contributed by atoms with van der Waals surface area (Å²) in [5.41, 5.74) is 2.19. The first-order chi connectivity index (χ1) is 14.7. The van der Waals surface area contributed by atoms with E-state index in [4.69, 9.17) is 9.73 Å². The molecule has 2 aromatic rings. The number of rotatable bonds is 6. The number of anilines is 1. The molecule has 0 bridgehead atoms. The van der Waals surface area contributed by atoms with E-state index in [1.807, 2.05) is 48.5 Å². The third-order valence-corrected chi connectivity index (χ3v) is 7.25. The number of nitrogens with zero attached hydrogens (tertiary/aromatic N) is 3. The lowest BCUT2D eigenvalue weighted by Crippen LogP contribution is -2.30. The number of carbonyl (C=O) groups excluding carboxylic acids is 1. The van der Waals surface area contributed by atoms with E-state index >= 15 is 0 Å². The van der Waals surface area contributed by atoms with Crippen molar-refractivity contribution >= 4 is 40.3 Å². The van der Waals surface area contributed by atoms with E-state index in [1.54, 1.807) is 29.8 Å². The van der Waals surface area contributed by atoms with Crippen molar-refractivity contribution in [1.29, 1.82) is 0 Å². The molecule has 5 nitrogen and oxygen atoms in total. The molecule has 2 heterocycles. The van der Waals surface area contributed by atoms with Gasteiger partial charge in [0.1, 0.15) is 15.7 Å². The molecule has 2 aliphatic rings. The fraction of sp³-hybridized carbons (Fsp3) is 0.217.